The Labute approximate surface area is 176 Å². The molecule has 0 aliphatic rings. The number of pyridine rings is 1. The summed E-state index contributed by atoms with van der Waals surface area (Å²) in [5.41, 5.74) is 4.18. The molecule has 3 rings (SSSR count). The predicted molar refractivity (Wildman–Crippen MR) is 113 cm³/mol. The predicted octanol–water partition coefficient (Wildman–Crippen LogP) is 3.72. The van der Waals surface area contributed by atoms with Crippen molar-refractivity contribution in [3.05, 3.63) is 87.6 Å². The van der Waals surface area contributed by atoms with Gasteiger partial charge in [-0.05, 0) is 35.9 Å². The number of carboxylic acid groups (broad SMARTS) is 1. The summed E-state index contributed by atoms with van der Waals surface area (Å²) in [5.74, 6) is 0.297. The van der Waals surface area contributed by atoms with Crippen molar-refractivity contribution in [1.82, 2.24) is 4.98 Å². The van der Waals surface area contributed by atoms with Gasteiger partial charge in [-0.2, -0.15) is 5.10 Å². The quantitative estimate of drug-likeness (QED) is 0.302. The molecule has 0 fully saturated rings. The van der Waals surface area contributed by atoms with Gasteiger partial charge in [-0.3, -0.25) is 15.5 Å². The molecule has 158 valence electrons. The smallest absolute Gasteiger partial charge is 0.335 e. The summed E-state index contributed by atoms with van der Waals surface area (Å²) >= 11 is 0. The summed E-state index contributed by atoms with van der Waals surface area (Å²) in [7, 11) is 1.52. The first-order chi connectivity index (χ1) is 15.0. The molecular weight excluding hydrogens is 404 g/mol. The zero-order valence-electron chi connectivity index (χ0n) is 16.4. The number of aromatic carboxylic acids is 1. The molecule has 0 bridgehead atoms. The Hall–Kier alpha value is -4.47. The Balaban J connectivity index is 1.72. The van der Waals surface area contributed by atoms with Crippen molar-refractivity contribution in [2.45, 2.75) is 6.61 Å². The Kier molecular flexibility index (Phi) is 6.74. The Bertz CT molecular complexity index is 1100. The van der Waals surface area contributed by atoms with Crippen molar-refractivity contribution >= 4 is 23.7 Å². The number of aromatic nitrogens is 1. The second kappa shape index (κ2) is 9.83. The number of methoxy groups -OCH3 is 1. The minimum atomic E-state index is -0.995. The highest BCUT2D eigenvalue weighted by Gasteiger charge is 2.10. The molecule has 0 saturated heterocycles. The van der Waals surface area contributed by atoms with Crippen LogP contribution in [-0.4, -0.2) is 34.3 Å². The molecule has 2 N–H and O–H groups in total. The molecule has 2 aromatic carbocycles. The van der Waals surface area contributed by atoms with Gasteiger partial charge in [0.25, 0.3) is 5.69 Å². The number of hydrogen-bond acceptors (Lipinski definition) is 8. The molecule has 0 radical (unpaired) electrons. The standard InChI is InChI=1S/C21H18N4O6/c1-30-18-4-2-3-16(11-23-24-19-10-9-17(12-22-19)25(28)29)20(18)31-13-14-5-7-15(8-6-14)21(26)27/h2-12H,13H2,1H3,(H,22,24)(H,26,27)/b23-11+. The monoisotopic (exact) mass is 422 g/mol. The van der Waals surface area contributed by atoms with Crippen molar-refractivity contribution in [3.63, 3.8) is 0 Å². The first kappa shape index (κ1) is 21.2. The lowest BCUT2D eigenvalue weighted by atomic mass is 10.1. The Morgan fingerprint density at radius 2 is 2.00 bits per heavy atom. The van der Waals surface area contributed by atoms with Crippen LogP contribution in [0.25, 0.3) is 0 Å². The third-order valence-corrected chi connectivity index (χ3v) is 4.15. The summed E-state index contributed by atoms with van der Waals surface area (Å²) < 4.78 is 11.3. The number of nitrogens with zero attached hydrogens (tertiary/aromatic N) is 3. The number of ether oxygens (including phenoxy) is 2. The number of carbonyl (C=O) groups is 1. The average Bonchev–Trinajstić information content (AvgIpc) is 2.78. The lowest BCUT2D eigenvalue weighted by Gasteiger charge is -2.13. The number of rotatable bonds is 9. The van der Waals surface area contributed by atoms with Gasteiger partial charge < -0.3 is 14.6 Å². The number of hydrazone groups is 1. The van der Waals surface area contributed by atoms with E-state index in [1.807, 2.05) is 0 Å². The highest BCUT2D eigenvalue weighted by Crippen LogP contribution is 2.31. The molecular formula is C21H18N4O6. The van der Waals surface area contributed by atoms with Gasteiger partial charge >= 0.3 is 5.97 Å². The van der Waals surface area contributed by atoms with E-state index in [0.29, 0.717) is 22.9 Å². The van der Waals surface area contributed by atoms with Crippen LogP contribution in [0.1, 0.15) is 21.5 Å². The number of para-hydroxylation sites is 1. The Morgan fingerprint density at radius 1 is 1.23 bits per heavy atom. The fourth-order valence-corrected chi connectivity index (χ4v) is 2.58. The van der Waals surface area contributed by atoms with Crippen molar-refractivity contribution in [2.24, 2.45) is 5.10 Å². The molecule has 10 nitrogen and oxygen atoms in total. The maximum Gasteiger partial charge on any atom is 0.335 e. The van der Waals surface area contributed by atoms with Crippen molar-refractivity contribution in [3.8, 4) is 11.5 Å². The van der Waals surface area contributed by atoms with E-state index in [9.17, 15) is 14.9 Å². The molecule has 31 heavy (non-hydrogen) atoms. The first-order valence-corrected chi connectivity index (χ1v) is 8.99. The lowest BCUT2D eigenvalue weighted by molar-refractivity contribution is -0.385. The largest absolute Gasteiger partial charge is 0.493 e. The average molecular weight is 422 g/mol. The van der Waals surface area contributed by atoms with E-state index in [1.54, 1.807) is 30.3 Å². The molecule has 3 aromatic rings. The van der Waals surface area contributed by atoms with Gasteiger partial charge in [0.2, 0.25) is 0 Å². The zero-order valence-corrected chi connectivity index (χ0v) is 16.4. The van der Waals surface area contributed by atoms with E-state index < -0.39 is 10.9 Å². The van der Waals surface area contributed by atoms with Crippen LogP contribution in [0.3, 0.4) is 0 Å². The van der Waals surface area contributed by atoms with Crippen molar-refractivity contribution in [2.75, 3.05) is 12.5 Å². The molecule has 0 amide bonds. The van der Waals surface area contributed by atoms with E-state index in [2.05, 4.69) is 15.5 Å². The number of anilines is 1. The number of hydrogen-bond donors (Lipinski definition) is 2. The van der Waals surface area contributed by atoms with Gasteiger partial charge in [0.05, 0.1) is 23.8 Å². The van der Waals surface area contributed by atoms with Crippen LogP contribution in [0.15, 0.2) is 65.9 Å². The normalized spacial score (nSPS) is 10.6. The van der Waals surface area contributed by atoms with Crippen LogP contribution in [0.2, 0.25) is 0 Å². The van der Waals surface area contributed by atoms with Crippen LogP contribution in [0.5, 0.6) is 11.5 Å². The van der Waals surface area contributed by atoms with Crippen LogP contribution in [0, 0.1) is 10.1 Å². The third-order valence-electron chi connectivity index (χ3n) is 4.15. The molecule has 0 spiro atoms. The first-order valence-electron chi connectivity index (χ1n) is 8.99. The maximum absolute atomic E-state index is 11.0. The fourth-order valence-electron chi connectivity index (χ4n) is 2.58. The minimum absolute atomic E-state index is 0.116. The topological polar surface area (TPSA) is 136 Å². The zero-order chi connectivity index (χ0) is 22.2. The van der Waals surface area contributed by atoms with Gasteiger partial charge in [-0.1, -0.05) is 18.2 Å². The molecule has 1 aromatic heterocycles. The van der Waals surface area contributed by atoms with Gasteiger partial charge in [0.1, 0.15) is 18.6 Å². The van der Waals surface area contributed by atoms with Gasteiger partial charge in [0.15, 0.2) is 11.5 Å². The molecule has 0 saturated carbocycles. The van der Waals surface area contributed by atoms with Crippen LogP contribution >= 0.6 is 0 Å². The third kappa shape index (κ3) is 5.54. The van der Waals surface area contributed by atoms with Gasteiger partial charge in [-0.25, -0.2) is 9.78 Å². The minimum Gasteiger partial charge on any atom is -0.493 e. The molecule has 0 unspecified atom stereocenters. The molecule has 1 heterocycles. The van der Waals surface area contributed by atoms with Gasteiger partial charge in [0, 0.05) is 11.6 Å². The summed E-state index contributed by atoms with van der Waals surface area (Å²) in [5, 5.41) is 23.8. The van der Waals surface area contributed by atoms with E-state index in [0.717, 1.165) is 11.8 Å². The second-order valence-corrected chi connectivity index (χ2v) is 6.20. The van der Waals surface area contributed by atoms with E-state index in [-0.39, 0.29) is 17.9 Å². The molecule has 10 heteroatoms. The summed E-state index contributed by atoms with van der Waals surface area (Å²) in [6, 6.07) is 14.4. The van der Waals surface area contributed by atoms with Crippen LogP contribution in [-0.2, 0) is 6.61 Å². The van der Waals surface area contributed by atoms with Crippen molar-refractivity contribution in [1.29, 1.82) is 0 Å². The van der Waals surface area contributed by atoms with E-state index in [4.69, 9.17) is 14.6 Å². The van der Waals surface area contributed by atoms with Crippen molar-refractivity contribution < 1.29 is 24.3 Å². The summed E-state index contributed by atoms with van der Waals surface area (Å²) in [6.07, 6.45) is 2.64. The van der Waals surface area contributed by atoms with Crippen LogP contribution < -0.4 is 14.9 Å². The number of carboxylic acids is 1. The molecule has 0 aliphatic heterocycles. The van der Waals surface area contributed by atoms with E-state index in [1.165, 1.54) is 37.6 Å². The fraction of sp³-hybridized carbons (Fsp3) is 0.0952. The summed E-state index contributed by atoms with van der Waals surface area (Å²) in [4.78, 5) is 25.0. The number of nitro groups is 1. The highest BCUT2D eigenvalue weighted by molar-refractivity contribution is 5.87. The Morgan fingerprint density at radius 3 is 2.61 bits per heavy atom. The van der Waals surface area contributed by atoms with E-state index >= 15 is 0 Å². The SMILES string of the molecule is COc1cccc(/C=N/Nc2ccc([N+](=O)[O-])cn2)c1OCc1ccc(C(=O)O)cc1. The molecule has 0 atom stereocenters. The number of benzene rings is 2. The highest BCUT2D eigenvalue weighted by atomic mass is 16.6. The molecule has 0 aliphatic carbocycles. The maximum atomic E-state index is 11.0. The second-order valence-electron chi connectivity index (χ2n) is 6.20. The summed E-state index contributed by atoms with van der Waals surface area (Å²) in [6.45, 7) is 0.193. The lowest BCUT2D eigenvalue weighted by Crippen LogP contribution is -2.02. The van der Waals surface area contributed by atoms with Crippen LogP contribution in [0.4, 0.5) is 11.5 Å². The number of nitrogens with one attached hydrogen (secondary N) is 1. The van der Waals surface area contributed by atoms with Gasteiger partial charge in [-0.15, -0.1) is 0 Å².